The predicted octanol–water partition coefficient (Wildman–Crippen LogP) is 5.35. The predicted molar refractivity (Wildman–Crippen MR) is 134 cm³/mol. The molecule has 0 radical (unpaired) electrons. The summed E-state index contributed by atoms with van der Waals surface area (Å²) >= 11 is 0. The zero-order valence-electron chi connectivity index (χ0n) is 20.3. The van der Waals surface area contributed by atoms with Crippen LogP contribution in [0.4, 0.5) is 30.5 Å². The summed E-state index contributed by atoms with van der Waals surface area (Å²) in [7, 11) is 0. The molecule has 38 heavy (non-hydrogen) atoms. The molecule has 0 unspecified atom stereocenters. The highest BCUT2D eigenvalue weighted by Gasteiger charge is 2.32. The van der Waals surface area contributed by atoms with Gasteiger partial charge in [-0.2, -0.15) is 13.2 Å². The molecule has 0 fully saturated rings. The largest absolute Gasteiger partial charge is 0.416 e. The van der Waals surface area contributed by atoms with Gasteiger partial charge in [-0.3, -0.25) is 4.79 Å². The fourth-order valence-corrected chi connectivity index (χ4v) is 3.93. The Morgan fingerprint density at radius 3 is 2.39 bits per heavy atom. The highest BCUT2D eigenvalue weighted by Crippen LogP contribution is 2.34. The first-order valence-corrected chi connectivity index (χ1v) is 11.4. The molecule has 0 aliphatic rings. The number of alkyl halides is 3. The summed E-state index contributed by atoms with van der Waals surface area (Å²) in [5.74, 6) is 0.260. The number of amides is 1. The highest BCUT2D eigenvalue weighted by molar-refractivity contribution is 6.05. The number of carbonyl (C=O) groups is 1. The van der Waals surface area contributed by atoms with E-state index in [0.717, 1.165) is 17.7 Å². The van der Waals surface area contributed by atoms with Crippen LogP contribution in [0.3, 0.4) is 0 Å². The number of anilines is 3. The van der Waals surface area contributed by atoms with E-state index in [4.69, 9.17) is 0 Å². The third-order valence-corrected chi connectivity index (χ3v) is 5.77. The van der Waals surface area contributed by atoms with Crippen molar-refractivity contribution in [3.05, 3.63) is 108 Å². The van der Waals surface area contributed by atoms with Gasteiger partial charge in [0.2, 0.25) is 5.95 Å². The van der Waals surface area contributed by atoms with Crippen LogP contribution in [0.5, 0.6) is 0 Å². The quantitative estimate of drug-likeness (QED) is 0.326. The normalized spacial score (nSPS) is 11.4. The van der Waals surface area contributed by atoms with Crippen molar-refractivity contribution in [1.82, 2.24) is 29.2 Å². The number of benzene rings is 2. The van der Waals surface area contributed by atoms with Gasteiger partial charge in [0.15, 0.2) is 0 Å². The standard InChI is InChI=1S/C26H21F3N8O/c1-17-4-5-19(12-23(17)37(35-10-8-30-16-35)25-32-6-3-7-33-25)24(38)34-21-13-20(26(27,28)29)14-22(15-21)36-11-9-31-18(36)2/h3-16H,1-2H3,(H,34,38). The van der Waals surface area contributed by atoms with Crippen molar-refractivity contribution >= 4 is 23.2 Å². The van der Waals surface area contributed by atoms with Crippen molar-refractivity contribution in [2.24, 2.45) is 0 Å². The fraction of sp³-hybridized carbons (Fsp3) is 0.115. The van der Waals surface area contributed by atoms with Crippen LogP contribution >= 0.6 is 0 Å². The zero-order valence-corrected chi connectivity index (χ0v) is 20.3. The van der Waals surface area contributed by atoms with E-state index in [2.05, 4.69) is 25.3 Å². The summed E-state index contributed by atoms with van der Waals surface area (Å²) in [4.78, 5) is 30.1. The molecule has 1 N–H and O–H groups in total. The number of aryl methyl sites for hydroxylation is 2. The first-order chi connectivity index (χ1) is 18.2. The molecular formula is C26H21F3N8O. The second-order valence-electron chi connectivity index (χ2n) is 8.37. The molecular weight excluding hydrogens is 497 g/mol. The van der Waals surface area contributed by atoms with Gasteiger partial charge in [-0.15, -0.1) is 0 Å². The Morgan fingerprint density at radius 2 is 1.74 bits per heavy atom. The second kappa shape index (κ2) is 9.81. The van der Waals surface area contributed by atoms with Crippen LogP contribution in [0.25, 0.3) is 5.69 Å². The monoisotopic (exact) mass is 518 g/mol. The molecule has 5 rings (SSSR count). The molecule has 3 aromatic heterocycles. The highest BCUT2D eigenvalue weighted by atomic mass is 19.4. The van der Waals surface area contributed by atoms with Gasteiger partial charge in [0, 0.05) is 54.1 Å². The Bertz CT molecular complexity index is 1580. The van der Waals surface area contributed by atoms with Gasteiger partial charge in [-0.25, -0.2) is 29.6 Å². The van der Waals surface area contributed by atoms with Crippen molar-refractivity contribution in [3.63, 3.8) is 0 Å². The summed E-state index contributed by atoms with van der Waals surface area (Å²) in [5, 5.41) is 4.28. The zero-order chi connectivity index (χ0) is 26.9. The van der Waals surface area contributed by atoms with Crippen LogP contribution in [-0.4, -0.2) is 35.1 Å². The number of imidazole rings is 2. The van der Waals surface area contributed by atoms with Gasteiger partial charge in [0.1, 0.15) is 12.2 Å². The Hall–Kier alpha value is -5.00. The average Bonchev–Trinajstić information content (AvgIpc) is 3.57. The van der Waals surface area contributed by atoms with Crippen LogP contribution in [0, 0.1) is 13.8 Å². The summed E-state index contributed by atoms with van der Waals surface area (Å²) in [6, 6.07) is 10.0. The number of aromatic nitrogens is 6. The van der Waals surface area contributed by atoms with Crippen LogP contribution in [0.2, 0.25) is 0 Å². The number of hydrogen-bond acceptors (Lipinski definition) is 6. The van der Waals surface area contributed by atoms with Gasteiger partial charge in [-0.05, 0) is 55.8 Å². The summed E-state index contributed by atoms with van der Waals surface area (Å²) in [6.07, 6.45) is 6.46. The minimum atomic E-state index is -4.61. The first-order valence-electron chi connectivity index (χ1n) is 11.4. The molecule has 0 aliphatic heterocycles. The lowest BCUT2D eigenvalue weighted by Gasteiger charge is -2.25. The Balaban J connectivity index is 1.52. The minimum Gasteiger partial charge on any atom is -0.322 e. The summed E-state index contributed by atoms with van der Waals surface area (Å²) < 4.78 is 44.2. The number of hydrogen-bond donors (Lipinski definition) is 1. The maximum absolute atomic E-state index is 13.7. The lowest BCUT2D eigenvalue weighted by Crippen LogP contribution is -2.26. The van der Waals surface area contributed by atoms with Gasteiger partial charge >= 0.3 is 6.18 Å². The van der Waals surface area contributed by atoms with E-state index in [1.54, 1.807) is 78.2 Å². The molecule has 192 valence electrons. The number of carbonyl (C=O) groups excluding carboxylic acids is 1. The maximum atomic E-state index is 13.7. The Kier molecular flexibility index (Phi) is 6.37. The molecule has 5 aromatic rings. The number of nitrogens with zero attached hydrogens (tertiary/aromatic N) is 7. The molecule has 1 amide bonds. The van der Waals surface area contributed by atoms with Crippen LogP contribution < -0.4 is 10.3 Å². The van der Waals surface area contributed by atoms with Crippen LogP contribution in [0.15, 0.2) is 86.0 Å². The van der Waals surface area contributed by atoms with Crippen LogP contribution in [0.1, 0.15) is 27.3 Å². The third-order valence-electron chi connectivity index (χ3n) is 5.77. The third kappa shape index (κ3) is 4.96. The average molecular weight is 519 g/mol. The second-order valence-corrected chi connectivity index (χ2v) is 8.37. The molecule has 0 spiro atoms. The van der Waals surface area contributed by atoms with Crippen molar-refractivity contribution < 1.29 is 18.0 Å². The Labute approximate surface area is 215 Å². The fourth-order valence-electron chi connectivity index (χ4n) is 3.93. The van der Waals surface area contributed by atoms with E-state index in [9.17, 15) is 18.0 Å². The van der Waals surface area contributed by atoms with E-state index in [0.29, 0.717) is 17.5 Å². The molecule has 12 heteroatoms. The van der Waals surface area contributed by atoms with Crippen molar-refractivity contribution in [2.75, 3.05) is 10.3 Å². The van der Waals surface area contributed by atoms with Gasteiger partial charge in [-0.1, -0.05) is 6.07 Å². The topological polar surface area (TPSA) is 93.8 Å². The molecule has 0 saturated carbocycles. The number of rotatable bonds is 6. The van der Waals surface area contributed by atoms with Crippen molar-refractivity contribution in [1.29, 1.82) is 0 Å². The smallest absolute Gasteiger partial charge is 0.322 e. The first kappa shape index (κ1) is 24.7. The van der Waals surface area contributed by atoms with Gasteiger partial charge in [0.05, 0.1) is 11.3 Å². The molecule has 0 saturated heterocycles. The molecule has 0 aliphatic carbocycles. The van der Waals surface area contributed by atoms with E-state index in [-0.39, 0.29) is 16.9 Å². The van der Waals surface area contributed by atoms with E-state index in [1.807, 2.05) is 6.92 Å². The summed E-state index contributed by atoms with van der Waals surface area (Å²) in [6.45, 7) is 3.53. The molecule has 9 nitrogen and oxygen atoms in total. The van der Waals surface area contributed by atoms with Gasteiger partial charge < -0.3 is 9.88 Å². The lowest BCUT2D eigenvalue weighted by atomic mass is 10.1. The number of halogens is 3. The van der Waals surface area contributed by atoms with Crippen molar-refractivity contribution in [3.8, 4) is 5.69 Å². The van der Waals surface area contributed by atoms with E-state index in [1.165, 1.54) is 16.8 Å². The maximum Gasteiger partial charge on any atom is 0.416 e. The minimum absolute atomic E-state index is 0.00657. The summed E-state index contributed by atoms with van der Waals surface area (Å²) in [5.41, 5.74) is 0.940. The van der Waals surface area contributed by atoms with E-state index < -0.39 is 17.6 Å². The van der Waals surface area contributed by atoms with Gasteiger partial charge in [0.25, 0.3) is 5.91 Å². The SMILES string of the molecule is Cc1ccc(C(=O)Nc2cc(-n3ccnc3C)cc(C(F)(F)F)c2)cc1N(c1ncccn1)n1ccnc1. The lowest BCUT2D eigenvalue weighted by molar-refractivity contribution is -0.137. The van der Waals surface area contributed by atoms with Crippen molar-refractivity contribution in [2.45, 2.75) is 20.0 Å². The molecule has 0 bridgehead atoms. The van der Waals surface area contributed by atoms with E-state index >= 15 is 0 Å². The van der Waals surface area contributed by atoms with Crippen LogP contribution in [-0.2, 0) is 6.18 Å². The molecule has 0 atom stereocenters. The number of nitrogens with one attached hydrogen (secondary N) is 1. The molecule has 3 heterocycles. The Morgan fingerprint density at radius 1 is 0.947 bits per heavy atom. The molecule has 2 aromatic carbocycles.